The van der Waals surface area contributed by atoms with Crippen LogP contribution >= 0.6 is 11.6 Å². The van der Waals surface area contributed by atoms with Crippen LogP contribution in [0, 0.1) is 5.82 Å². The Morgan fingerprint density at radius 3 is 2.50 bits per heavy atom. The van der Waals surface area contributed by atoms with Crippen LogP contribution in [0.3, 0.4) is 0 Å². The lowest BCUT2D eigenvalue weighted by molar-refractivity contribution is 0.0488. The van der Waals surface area contributed by atoms with E-state index in [9.17, 15) is 14.0 Å². The summed E-state index contributed by atoms with van der Waals surface area (Å²) in [6.45, 7) is 5.32. The van der Waals surface area contributed by atoms with Crippen molar-refractivity contribution in [3.05, 3.63) is 22.6 Å². The minimum atomic E-state index is -1.35. The second-order valence-electron chi connectivity index (χ2n) is 7.25. The lowest BCUT2D eigenvalue weighted by Gasteiger charge is -2.33. The molecular weight excluding hydrogens is 365 g/mol. The van der Waals surface area contributed by atoms with Crippen LogP contribution in [0.4, 0.5) is 15.0 Å². The molecule has 26 heavy (non-hydrogen) atoms. The highest BCUT2D eigenvalue weighted by Crippen LogP contribution is 2.26. The van der Waals surface area contributed by atoms with E-state index in [1.165, 1.54) is 0 Å². The van der Waals surface area contributed by atoms with Crippen LogP contribution < -0.4 is 10.6 Å². The van der Waals surface area contributed by atoms with Crippen molar-refractivity contribution in [3.63, 3.8) is 0 Å². The number of carboxylic acids is 1. The summed E-state index contributed by atoms with van der Waals surface area (Å²) in [5, 5.41) is 14.4. The van der Waals surface area contributed by atoms with Gasteiger partial charge in [-0.25, -0.2) is 19.0 Å². The van der Waals surface area contributed by atoms with Gasteiger partial charge in [-0.3, -0.25) is 0 Å². The first-order valence-corrected chi connectivity index (χ1v) is 8.80. The second-order valence-corrected chi connectivity index (χ2v) is 7.61. The average Bonchev–Trinajstić information content (AvgIpc) is 2.50. The van der Waals surface area contributed by atoms with E-state index < -0.39 is 29.0 Å². The van der Waals surface area contributed by atoms with Crippen molar-refractivity contribution in [2.45, 2.75) is 64.1 Å². The maximum Gasteiger partial charge on any atom is 0.407 e. The molecule has 7 nitrogen and oxygen atoms in total. The van der Waals surface area contributed by atoms with Gasteiger partial charge in [-0.05, 0) is 39.7 Å². The van der Waals surface area contributed by atoms with Crippen LogP contribution in [-0.4, -0.2) is 39.8 Å². The van der Waals surface area contributed by atoms with E-state index in [1.54, 1.807) is 20.8 Å². The standard InChI is InChI=1S/C17H23ClFN3O4/c1-17(2,3)26-16(25)21-12-7-5-4-6-11(12)20-14-10(19)8-9(15(23)24)13(18)22-14/h8,11-12H,4-7H2,1-3H3,(H,20,22)(H,21,25)(H,23,24)/t11?,12-/m0/s1. The number of halogens is 2. The summed E-state index contributed by atoms with van der Waals surface area (Å²) in [6, 6.07) is 0.293. The van der Waals surface area contributed by atoms with Crippen molar-refractivity contribution < 1.29 is 23.8 Å². The molecule has 2 rings (SSSR count). The fraction of sp³-hybridized carbons (Fsp3) is 0.588. The largest absolute Gasteiger partial charge is 0.478 e. The Hall–Kier alpha value is -2.09. The predicted octanol–water partition coefficient (Wildman–Crippen LogP) is 3.82. The SMILES string of the molecule is CC(C)(C)OC(=O)N[C@H]1CCCCC1Nc1nc(Cl)c(C(=O)O)cc1F. The molecular formula is C17H23ClFN3O4. The molecule has 0 aromatic carbocycles. The topological polar surface area (TPSA) is 101 Å². The van der Waals surface area contributed by atoms with E-state index >= 15 is 0 Å². The van der Waals surface area contributed by atoms with E-state index in [4.69, 9.17) is 21.4 Å². The fourth-order valence-corrected chi connectivity index (χ4v) is 3.05. The molecule has 1 fully saturated rings. The molecule has 1 saturated carbocycles. The minimum absolute atomic E-state index is 0.136. The molecule has 144 valence electrons. The van der Waals surface area contributed by atoms with Gasteiger partial charge in [0.15, 0.2) is 11.6 Å². The summed E-state index contributed by atoms with van der Waals surface area (Å²) in [5.41, 5.74) is -1.02. The highest BCUT2D eigenvalue weighted by atomic mass is 35.5. The number of anilines is 1. The molecule has 1 heterocycles. The number of amides is 1. The third kappa shape index (κ3) is 5.45. The number of carboxylic acid groups (broad SMARTS) is 1. The van der Waals surface area contributed by atoms with Gasteiger partial charge in [0, 0.05) is 6.04 Å². The molecule has 0 radical (unpaired) electrons. The van der Waals surface area contributed by atoms with Gasteiger partial charge in [-0.15, -0.1) is 0 Å². The quantitative estimate of drug-likeness (QED) is 0.679. The van der Waals surface area contributed by atoms with Gasteiger partial charge >= 0.3 is 12.1 Å². The Bertz CT molecular complexity index is 693. The van der Waals surface area contributed by atoms with Crippen LogP contribution in [0.2, 0.25) is 5.15 Å². The monoisotopic (exact) mass is 387 g/mol. The lowest BCUT2D eigenvalue weighted by Crippen LogP contribution is -2.50. The number of pyridine rings is 1. The lowest BCUT2D eigenvalue weighted by atomic mass is 9.90. The summed E-state index contributed by atoms with van der Waals surface area (Å²) < 4.78 is 19.5. The molecule has 9 heteroatoms. The Balaban J connectivity index is 2.12. The number of aromatic carboxylic acids is 1. The summed E-state index contributed by atoms with van der Waals surface area (Å²) in [4.78, 5) is 26.8. The number of alkyl carbamates (subject to hydrolysis) is 1. The van der Waals surface area contributed by atoms with Crippen LogP contribution in [0.5, 0.6) is 0 Å². The number of rotatable bonds is 4. The number of nitrogens with one attached hydrogen (secondary N) is 2. The molecule has 1 aromatic heterocycles. The molecule has 1 aliphatic carbocycles. The summed E-state index contributed by atoms with van der Waals surface area (Å²) in [7, 11) is 0. The second kappa shape index (κ2) is 8.07. The third-order valence-corrected chi connectivity index (χ3v) is 4.24. The van der Waals surface area contributed by atoms with Gasteiger partial charge in [-0.2, -0.15) is 0 Å². The van der Waals surface area contributed by atoms with Crippen molar-refractivity contribution in [3.8, 4) is 0 Å². The Labute approximate surface area is 156 Å². The highest BCUT2D eigenvalue weighted by Gasteiger charge is 2.29. The van der Waals surface area contributed by atoms with Crippen molar-refractivity contribution in [2.24, 2.45) is 0 Å². The predicted molar refractivity (Wildman–Crippen MR) is 95.2 cm³/mol. The van der Waals surface area contributed by atoms with Crippen molar-refractivity contribution in [2.75, 3.05) is 5.32 Å². The molecule has 1 aliphatic rings. The smallest absolute Gasteiger partial charge is 0.407 e. The van der Waals surface area contributed by atoms with E-state index in [0.717, 1.165) is 18.9 Å². The van der Waals surface area contributed by atoms with E-state index in [0.29, 0.717) is 12.8 Å². The highest BCUT2D eigenvalue weighted by molar-refractivity contribution is 6.32. The fourth-order valence-electron chi connectivity index (χ4n) is 2.83. The summed E-state index contributed by atoms with van der Waals surface area (Å²) in [5.74, 6) is -2.30. The molecule has 2 atom stereocenters. The van der Waals surface area contributed by atoms with Crippen LogP contribution in [0.1, 0.15) is 56.8 Å². The number of aromatic nitrogens is 1. The first-order valence-electron chi connectivity index (χ1n) is 8.42. The first-order chi connectivity index (χ1) is 12.1. The van der Waals surface area contributed by atoms with Gasteiger partial charge in [0.25, 0.3) is 0 Å². The summed E-state index contributed by atoms with van der Waals surface area (Å²) in [6.07, 6.45) is 2.70. The molecule has 1 aromatic rings. The van der Waals surface area contributed by atoms with Crippen molar-refractivity contribution >= 4 is 29.5 Å². The van der Waals surface area contributed by atoms with E-state index in [2.05, 4.69) is 15.6 Å². The van der Waals surface area contributed by atoms with Crippen LogP contribution in [0.15, 0.2) is 6.07 Å². The maximum absolute atomic E-state index is 14.2. The van der Waals surface area contributed by atoms with Crippen molar-refractivity contribution in [1.29, 1.82) is 0 Å². The molecule has 0 aliphatic heterocycles. The van der Waals surface area contributed by atoms with E-state index in [1.807, 2.05) is 0 Å². The minimum Gasteiger partial charge on any atom is -0.478 e. The van der Waals surface area contributed by atoms with Gasteiger partial charge in [0.1, 0.15) is 10.8 Å². The van der Waals surface area contributed by atoms with E-state index in [-0.39, 0.29) is 23.1 Å². The number of hydrogen-bond donors (Lipinski definition) is 3. The molecule has 3 N–H and O–H groups in total. The Morgan fingerprint density at radius 1 is 1.31 bits per heavy atom. The normalized spacial score (nSPS) is 20.3. The maximum atomic E-state index is 14.2. The number of carbonyl (C=O) groups is 2. The Morgan fingerprint density at radius 2 is 1.92 bits per heavy atom. The molecule has 1 amide bonds. The number of carbonyl (C=O) groups excluding carboxylic acids is 1. The first kappa shape index (κ1) is 20.2. The van der Waals surface area contributed by atoms with Crippen LogP contribution in [-0.2, 0) is 4.74 Å². The molecule has 0 spiro atoms. The van der Waals surface area contributed by atoms with Crippen LogP contribution in [0.25, 0.3) is 0 Å². The molecule has 1 unspecified atom stereocenters. The number of nitrogens with zero attached hydrogens (tertiary/aromatic N) is 1. The third-order valence-electron chi connectivity index (χ3n) is 3.95. The molecule has 0 saturated heterocycles. The van der Waals surface area contributed by atoms with Gasteiger partial charge in [0.05, 0.1) is 11.6 Å². The van der Waals surface area contributed by atoms with Crippen molar-refractivity contribution in [1.82, 2.24) is 10.3 Å². The van der Waals surface area contributed by atoms with Gasteiger partial charge in [-0.1, -0.05) is 24.4 Å². The number of ether oxygens (including phenoxy) is 1. The van der Waals surface area contributed by atoms with Gasteiger partial charge in [0.2, 0.25) is 0 Å². The zero-order valence-corrected chi connectivity index (χ0v) is 15.7. The zero-order chi connectivity index (χ0) is 19.5. The average molecular weight is 388 g/mol. The summed E-state index contributed by atoms with van der Waals surface area (Å²) >= 11 is 5.82. The van der Waals surface area contributed by atoms with Gasteiger partial charge < -0.3 is 20.5 Å². The molecule has 0 bridgehead atoms. The Kier molecular flexibility index (Phi) is 6.28. The number of hydrogen-bond acceptors (Lipinski definition) is 5. The zero-order valence-electron chi connectivity index (χ0n) is 14.9.